The summed E-state index contributed by atoms with van der Waals surface area (Å²) in [7, 11) is 1.60. The third kappa shape index (κ3) is 2.91. The SMILES string of the molecule is COc1cccc([C@H]2c3c(oc4ccccc4c3=O)C(=O)N2C[C@@H]2CCCO2)c1. The number of para-hydroxylation sites is 1. The second kappa shape index (κ2) is 7.04. The average molecular weight is 391 g/mol. The number of benzene rings is 2. The predicted molar refractivity (Wildman–Crippen MR) is 107 cm³/mol. The fourth-order valence-electron chi connectivity index (χ4n) is 4.32. The molecule has 3 heterocycles. The summed E-state index contributed by atoms with van der Waals surface area (Å²) in [5.74, 6) is 0.524. The lowest BCUT2D eigenvalue weighted by Gasteiger charge is -2.27. The molecule has 1 aromatic heterocycles. The molecule has 0 unspecified atom stereocenters. The van der Waals surface area contributed by atoms with E-state index in [4.69, 9.17) is 13.9 Å². The molecule has 0 aliphatic carbocycles. The minimum Gasteiger partial charge on any atom is -0.497 e. The Hall–Kier alpha value is -3.12. The van der Waals surface area contributed by atoms with Gasteiger partial charge in [-0.25, -0.2) is 0 Å². The summed E-state index contributed by atoms with van der Waals surface area (Å²) in [6.45, 7) is 1.12. The molecule has 1 fully saturated rings. The van der Waals surface area contributed by atoms with E-state index in [0.717, 1.165) is 18.4 Å². The van der Waals surface area contributed by atoms with Gasteiger partial charge in [0.25, 0.3) is 5.91 Å². The minimum atomic E-state index is -0.530. The van der Waals surface area contributed by atoms with E-state index in [2.05, 4.69) is 0 Å². The van der Waals surface area contributed by atoms with Crippen molar-refractivity contribution in [3.05, 3.63) is 75.6 Å². The van der Waals surface area contributed by atoms with Crippen molar-refractivity contribution in [1.29, 1.82) is 0 Å². The molecule has 0 saturated carbocycles. The Kier molecular flexibility index (Phi) is 4.36. The molecule has 5 rings (SSSR count). The van der Waals surface area contributed by atoms with Crippen LogP contribution in [0.15, 0.2) is 57.7 Å². The predicted octanol–water partition coefficient (Wildman–Crippen LogP) is 3.53. The van der Waals surface area contributed by atoms with Gasteiger partial charge >= 0.3 is 0 Å². The maximum Gasteiger partial charge on any atom is 0.291 e. The molecule has 2 atom stereocenters. The van der Waals surface area contributed by atoms with Crippen molar-refractivity contribution >= 4 is 16.9 Å². The van der Waals surface area contributed by atoms with Gasteiger partial charge in [0.15, 0.2) is 5.43 Å². The van der Waals surface area contributed by atoms with Crippen LogP contribution in [-0.2, 0) is 4.74 Å². The number of fused-ring (bicyclic) bond motifs is 2. The Bertz CT molecular complexity index is 1150. The van der Waals surface area contributed by atoms with Crippen LogP contribution in [0.1, 0.15) is 40.6 Å². The van der Waals surface area contributed by atoms with Crippen molar-refractivity contribution in [1.82, 2.24) is 4.90 Å². The van der Waals surface area contributed by atoms with Crippen molar-refractivity contribution < 1.29 is 18.7 Å². The normalized spacial score (nSPS) is 21.0. The van der Waals surface area contributed by atoms with E-state index in [-0.39, 0.29) is 23.2 Å². The quantitative estimate of drug-likeness (QED) is 0.681. The van der Waals surface area contributed by atoms with Gasteiger partial charge < -0.3 is 18.8 Å². The molecule has 29 heavy (non-hydrogen) atoms. The van der Waals surface area contributed by atoms with E-state index in [1.807, 2.05) is 24.3 Å². The fraction of sp³-hybridized carbons (Fsp3) is 0.304. The molecule has 1 amide bonds. The average Bonchev–Trinajstić information content (AvgIpc) is 3.36. The molecule has 0 bridgehead atoms. The van der Waals surface area contributed by atoms with Crippen LogP contribution in [-0.4, -0.2) is 37.2 Å². The van der Waals surface area contributed by atoms with E-state index in [1.165, 1.54) is 0 Å². The standard InChI is InChI=1S/C23H21NO5/c1-27-15-7-4-6-14(12-15)20-19-21(25)17-9-2-3-10-18(17)29-22(19)23(26)24(20)13-16-8-5-11-28-16/h2-4,6-7,9-10,12,16,20H,5,8,11,13H2,1H3/t16-,20-/m0/s1. The number of carbonyl (C=O) groups excluding carboxylic acids is 1. The van der Waals surface area contributed by atoms with Gasteiger partial charge in [-0.1, -0.05) is 24.3 Å². The summed E-state index contributed by atoms with van der Waals surface area (Å²) in [4.78, 5) is 28.4. The Balaban J connectivity index is 1.70. The lowest BCUT2D eigenvalue weighted by molar-refractivity contribution is 0.0486. The van der Waals surface area contributed by atoms with Crippen LogP contribution in [0.3, 0.4) is 0 Å². The molecule has 6 heteroatoms. The Morgan fingerprint density at radius 1 is 1.14 bits per heavy atom. The Morgan fingerprint density at radius 2 is 2.00 bits per heavy atom. The summed E-state index contributed by atoms with van der Waals surface area (Å²) in [6.07, 6.45) is 1.84. The fourth-order valence-corrected chi connectivity index (χ4v) is 4.32. The lowest BCUT2D eigenvalue weighted by Crippen LogP contribution is -2.36. The summed E-state index contributed by atoms with van der Waals surface area (Å²) < 4.78 is 17.1. The van der Waals surface area contributed by atoms with Gasteiger partial charge in [0.05, 0.1) is 30.2 Å². The second-order valence-electron chi connectivity index (χ2n) is 7.44. The molecule has 0 radical (unpaired) electrons. The first kappa shape index (κ1) is 17.9. The van der Waals surface area contributed by atoms with Crippen molar-refractivity contribution in [3.63, 3.8) is 0 Å². The number of amides is 1. The van der Waals surface area contributed by atoms with E-state index in [0.29, 0.717) is 35.4 Å². The smallest absolute Gasteiger partial charge is 0.291 e. The number of nitrogens with zero attached hydrogens (tertiary/aromatic N) is 1. The van der Waals surface area contributed by atoms with Crippen LogP contribution < -0.4 is 10.2 Å². The topological polar surface area (TPSA) is 69.0 Å². The van der Waals surface area contributed by atoms with E-state index in [1.54, 1.807) is 36.3 Å². The zero-order chi connectivity index (χ0) is 20.0. The molecular weight excluding hydrogens is 370 g/mol. The van der Waals surface area contributed by atoms with E-state index < -0.39 is 6.04 Å². The molecular formula is C23H21NO5. The lowest BCUT2D eigenvalue weighted by atomic mass is 9.98. The molecule has 2 aromatic carbocycles. The van der Waals surface area contributed by atoms with Gasteiger partial charge in [0.2, 0.25) is 5.76 Å². The molecule has 6 nitrogen and oxygen atoms in total. The third-order valence-electron chi connectivity index (χ3n) is 5.71. The first-order valence-corrected chi connectivity index (χ1v) is 9.79. The highest BCUT2D eigenvalue weighted by atomic mass is 16.5. The van der Waals surface area contributed by atoms with Crippen LogP contribution in [0.4, 0.5) is 0 Å². The van der Waals surface area contributed by atoms with E-state index in [9.17, 15) is 9.59 Å². The molecule has 0 spiro atoms. The van der Waals surface area contributed by atoms with Crippen LogP contribution in [0.2, 0.25) is 0 Å². The number of rotatable bonds is 4. The van der Waals surface area contributed by atoms with Gasteiger partial charge in [-0.3, -0.25) is 9.59 Å². The van der Waals surface area contributed by atoms with Crippen molar-refractivity contribution in [2.45, 2.75) is 25.0 Å². The van der Waals surface area contributed by atoms with Gasteiger partial charge in [-0.15, -0.1) is 0 Å². The summed E-state index contributed by atoms with van der Waals surface area (Å²) in [5, 5.41) is 0.478. The van der Waals surface area contributed by atoms with Gasteiger partial charge in [0.1, 0.15) is 11.3 Å². The summed E-state index contributed by atoms with van der Waals surface area (Å²) >= 11 is 0. The van der Waals surface area contributed by atoms with E-state index >= 15 is 0 Å². The number of methoxy groups -OCH3 is 1. The number of carbonyl (C=O) groups is 1. The Morgan fingerprint density at radius 3 is 2.79 bits per heavy atom. The largest absolute Gasteiger partial charge is 0.497 e. The van der Waals surface area contributed by atoms with Gasteiger partial charge in [-0.05, 0) is 42.7 Å². The number of hydrogen-bond acceptors (Lipinski definition) is 5. The highest BCUT2D eigenvalue weighted by Gasteiger charge is 2.43. The molecule has 0 N–H and O–H groups in total. The second-order valence-corrected chi connectivity index (χ2v) is 7.44. The van der Waals surface area contributed by atoms with Crippen LogP contribution in [0, 0.1) is 0 Å². The van der Waals surface area contributed by atoms with Gasteiger partial charge in [0, 0.05) is 13.2 Å². The number of ether oxygens (including phenoxy) is 2. The monoisotopic (exact) mass is 391 g/mol. The minimum absolute atomic E-state index is 0.0362. The first-order chi connectivity index (χ1) is 14.2. The molecule has 148 valence electrons. The maximum absolute atomic E-state index is 13.4. The van der Waals surface area contributed by atoms with Gasteiger partial charge in [-0.2, -0.15) is 0 Å². The summed E-state index contributed by atoms with van der Waals surface area (Å²) in [6, 6.07) is 14.0. The molecule has 2 aliphatic rings. The van der Waals surface area contributed by atoms with Crippen LogP contribution in [0.25, 0.3) is 11.0 Å². The maximum atomic E-state index is 13.4. The van der Waals surface area contributed by atoms with Crippen molar-refractivity contribution in [2.75, 3.05) is 20.3 Å². The van der Waals surface area contributed by atoms with Crippen molar-refractivity contribution in [3.8, 4) is 5.75 Å². The zero-order valence-corrected chi connectivity index (χ0v) is 16.1. The third-order valence-corrected chi connectivity index (χ3v) is 5.71. The highest BCUT2D eigenvalue weighted by Crippen LogP contribution is 2.39. The summed E-state index contributed by atoms with van der Waals surface area (Å²) in [5.41, 5.74) is 1.46. The molecule has 1 saturated heterocycles. The molecule has 2 aliphatic heterocycles. The van der Waals surface area contributed by atoms with Crippen LogP contribution in [0.5, 0.6) is 5.75 Å². The van der Waals surface area contributed by atoms with Crippen LogP contribution >= 0.6 is 0 Å². The first-order valence-electron chi connectivity index (χ1n) is 9.79. The number of hydrogen-bond donors (Lipinski definition) is 0. The Labute approximate surface area is 167 Å². The van der Waals surface area contributed by atoms with Crippen molar-refractivity contribution in [2.24, 2.45) is 0 Å². The molecule has 3 aromatic rings. The zero-order valence-electron chi connectivity index (χ0n) is 16.1. The highest BCUT2D eigenvalue weighted by molar-refractivity contribution is 5.99.